The molecule has 0 bridgehead atoms. The standard InChI is InChI=1S/C33H35ClN8O3S/c1-20-26(12-11-24-18-35-19-39(24)6)46-31-28(20)29(22-7-9-23(34)10-8-22)36-25(30-38-37-21(2)42(30)31)17-27(43)40-13-15-41(16-14-40)32(44)45-33(3,4)5/h7-10,18-19,25H,13-17H2,1-6H3/t25-/m0/s1. The van der Waals surface area contributed by atoms with Gasteiger partial charge < -0.3 is 19.1 Å². The Bertz CT molecular complexity index is 1900. The Kier molecular flexibility index (Phi) is 8.48. The number of ether oxygens (including phenoxy) is 1. The Morgan fingerprint density at radius 3 is 2.39 bits per heavy atom. The fraction of sp³-hybridized carbons (Fsp3) is 0.394. The second-order valence-corrected chi connectivity index (χ2v) is 13.8. The molecule has 2 aliphatic rings. The number of hydrogen-bond donors (Lipinski definition) is 0. The SMILES string of the molecule is Cc1c(C#Cc2cncn2C)sc2c1C(c1ccc(Cl)cc1)=N[C@@H](CC(=O)N1CCN(C(=O)OC(C)(C)C)CC1)c1nnc(C)n1-2. The van der Waals surface area contributed by atoms with Gasteiger partial charge in [-0.05, 0) is 64.2 Å². The van der Waals surface area contributed by atoms with Crippen LogP contribution in [-0.4, -0.2) is 83.6 Å². The quantitative estimate of drug-likeness (QED) is 0.284. The third-order valence-electron chi connectivity index (χ3n) is 7.89. The number of carbonyl (C=O) groups excluding carboxylic acids is 2. The lowest BCUT2D eigenvalue weighted by Crippen LogP contribution is -2.51. The zero-order valence-corrected chi connectivity index (χ0v) is 28.2. The van der Waals surface area contributed by atoms with E-state index < -0.39 is 11.6 Å². The average molecular weight is 659 g/mol. The maximum Gasteiger partial charge on any atom is 0.410 e. The molecule has 0 radical (unpaired) electrons. The Morgan fingerprint density at radius 1 is 1.04 bits per heavy atom. The molecule has 1 atom stereocenters. The Labute approximate surface area is 276 Å². The molecule has 0 aliphatic carbocycles. The number of nitrogens with zero attached hydrogens (tertiary/aromatic N) is 8. The minimum Gasteiger partial charge on any atom is -0.444 e. The predicted molar refractivity (Wildman–Crippen MR) is 177 cm³/mol. The molecule has 1 saturated heterocycles. The van der Waals surface area contributed by atoms with E-state index in [0.29, 0.717) is 42.9 Å². The first-order chi connectivity index (χ1) is 21.9. The summed E-state index contributed by atoms with van der Waals surface area (Å²) in [5.74, 6) is 7.81. The predicted octanol–water partition coefficient (Wildman–Crippen LogP) is 5.09. The number of amides is 2. The lowest BCUT2D eigenvalue weighted by atomic mass is 9.99. The Hall–Kier alpha value is -4.47. The van der Waals surface area contributed by atoms with Crippen molar-refractivity contribution in [2.45, 2.75) is 52.7 Å². The molecule has 0 unspecified atom stereocenters. The van der Waals surface area contributed by atoms with Crippen LogP contribution in [0.2, 0.25) is 5.02 Å². The number of rotatable bonds is 3. The van der Waals surface area contributed by atoms with Gasteiger partial charge in [0.15, 0.2) is 5.82 Å². The monoisotopic (exact) mass is 658 g/mol. The number of benzene rings is 1. The molecule has 2 aliphatic heterocycles. The maximum atomic E-state index is 13.8. The summed E-state index contributed by atoms with van der Waals surface area (Å²) in [4.78, 5) is 40.1. The molecule has 6 rings (SSSR count). The van der Waals surface area contributed by atoms with Crippen molar-refractivity contribution in [1.29, 1.82) is 0 Å². The molecule has 0 N–H and O–H groups in total. The highest BCUT2D eigenvalue weighted by Crippen LogP contribution is 2.40. The molecule has 0 saturated carbocycles. The highest BCUT2D eigenvalue weighted by Gasteiger charge is 2.35. The van der Waals surface area contributed by atoms with Crippen molar-refractivity contribution in [1.82, 2.24) is 34.1 Å². The van der Waals surface area contributed by atoms with Crippen molar-refractivity contribution in [3.63, 3.8) is 0 Å². The topological polar surface area (TPSA) is 111 Å². The van der Waals surface area contributed by atoms with E-state index in [2.05, 4.69) is 27.0 Å². The number of fused-ring (bicyclic) bond motifs is 3. The molecule has 3 aromatic heterocycles. The molecular weight excluding hydrogens is 624 g/mol. The average Bonchev–Trinajstić information content (AvgIpc) is 3.67. The summed E-state index contributed by atoms with van der Waals surface area (Å²) in [6.45, 7) is 11.1. The van der Waals surface area contributed by atoms with E-state index in [1.54, 1.807) is 33.7 Å². The summed E-state index contributed by atoms with van der Waals surface area (Å²) in [6.07, 6.45) is 3.20. The van der Waals surface area contributed by atoms with Crippen molar-refractivity contribution < 1.29 is 14.3 Å². The van der Waals surface area contributed by atoms with Crippen LogP contribution in [-0.2, 0) is 16.6 Å². The molecule has 2 amide bonds. The Balaban J connectivity index is 1.35. The van der Waals surface area contributed by atoms with Crippen molar-refractivity contribution in [2.75, 3.05) is 26.2 Å². The highest BCUT2D eigenvalue weighted by atomic mass is 35.5. The minimum absolute atomic E-state index is 0.0649. The first-order valence-corrected chi connectivity index (χ1v) is 16.2. The van der Waals surface area contributed by atoms with Crippen molar-refractivity contribution in [2.24, 2.45) is 12.0 Å². The van der Waals surface area contributed by atoms with Crippen molar-refractivity contribution in [3.8, 4) is 16.8 Å². The summed E-state index contributed by atoms with van der Waals surface area (Å²) in [5.41, 5.74) is 3.74. The second kappa shape index (κ2) is 12.4. The van der Waals surface area contributed by atoms with Crippen molar-refractivity contribution >= 4 is 40.6 Å². The van der Waals surface area contributed by atoms with Gasteiger partial charge in [-0.15, -0.1) is 21.5 Å². The van der Waals surface area contributed by atoms with Gasteiger partial charge in [-0.2, -0.15) is 0 Å². The van der Waals surface area contributed by atoms with Crippen LogP contribution in [0.5, 0.6) is 0 Å². The van der Waals surface area contributed by atoms with Crippen LogP contribution >= 0.6 is 22.9 Å². The number of carbonyl (C=O) groups is 2. The molecule has 13 heteroatoms. The first kappa shape index (κ1) is 31.5. The summed E-state index contributed by atoms with van der Waals surface area (Å²) in [5, 5.41) is 10.5. The van der Waals surface area contributed by atoms with Crippen LogP contribution in [0.1, 0.15) is 72.1 Å². The lowest BCUT2D eigenvalue weighted by Gasteiger charge is -2.36. The van der Waals surface area contributed by atoms with Crippen LogP contribution in [0.25, 0.3) is 5.00 Å². The van der Waals surface area contributed by atoms with Gasteiger partial charge in [0.1, 0.15) is 28.2 Å². The molecule has 4 aromatic rings. The molecule has 238 valence electrons. The largest absolute Gasteiger partial charge is 0.444 e. The smallest absolute Gasteiger partial charge is 0.410 e. The van der Waals surface area contributed by atoms with Gasteiger partial charge >= 0.3 is 6.09 Å². The van der Waals surface area contributed by atoms with Crippen LogP contribution in [0.4, 0.5) is 4.79 Å². The van der Waals surface area contributed by atoms with Gasteiger partial charge in [0.25, 0.3) is 0 Å². The number of halogens is 1. The van der Waals surface area contributed by atoms with Crippen LogP contribution in [0, 0.1) is 25.7 Å². The zero-order valence-electron chi connectivity index (χ0n) is 26.7. The number of imidazole rings is 1. The summed E-state index contributed by atoms with van der Waals surface area (Å²) in [7, 11) is 1.91. The van der Waals surface area contributed by atoms with Gasteiger partial charge in [0.2, 0.25) is 5.91 Å². The molecule has 0 spiro atoms. The number of hydrogen-bond acceptors (Lipinski definition) is 8. The van der Waals surface area contributed by atoms with Gasteiger partial charge in [-0.25, -0.2) is 9.78 Å². The normalized spacial score (nSPS) is 16.2. The molecule has 5 heterocycles. The zero-order chi connectivity index (χ0) is 32.7. The van der Waals surface area contributed by atoms with E-state index in [0.717, 1.165) is 38.0 Å². The van der Waals surface area contributed by atoms with E-state index in [1.165, 1.54) is 0 Å². The summed E-state index contributed by atoms with van der Waals surface area (Å²) < 4.78 is 9.40. The molecular formula is C33H35ClN8O3S. The van der Waals surface area contributed by atoms with Gasteiger partial charge in [0.05, 0.1) is 29.5 Å². The second-order valence-electron chi connectivity index (χ2n) is 12.4. The molecule has 1 fully saturated rings. The third-order valence-corrected chi connectivity index (χ3v) is 9.34. The fourth-order valence-electron chi connectivity index (χ4n) is 5.50. The van der Waals surface area contributed by atoms with Crippen LogP contribution in [0.15, 0.2) is 41.8 Å². The summed E-state index contributed by atoms with van der Waals surface area (Å²) in [6, 6.07) is 6.97. The van der Waals surface area contributed by atoms with Crippen LogP contribution in [0.3, 0.4) is 0 Å². The number of thiophene rings is 1. The lowest BCUT2D eigenvalue weighted by molar-refractivity contribution is -0.133. The maximum absolute atomic E-state index is 13.8. The highest BCUT2D eigenvalue weighted by molar-refractivity contribution is 7.15. The summed E-state index contributed by atoms with van der Waals surface area (Å²) >= 11 is 7.82. The van der Waals surface area contributed by atoms with E-state index in [-0.39, 0.29) is 18.4 Å². The van der Waals surface area contributed by atoms with E-state index in [1.807, 2.05) is 75.1 Å². The minimum atomic E-state index is -0.591. The molecule has 1 aromatic carbocycles. The number of aliphatic imine (C=N–C) groups is 1. The van der Waals surface area contributed by atoms with Gasteiger partial charge in [-0.3, -0.25) is 14.4 Å². The van der Waals surface area contributed by atoms with Gasteiger partial charge in [-0.1, -0.05) is 23.7 Å². The fourth-order valence-corrected chi connectivity index (χ4v) is 6.84. The first-order valence-electron chi connectivity index (χ1n) is 15.0. The molecule has 46 heavy (non-hydrogen) atoms. The van der Waals surface area contributed by atoms with Crippen molar-refractivity contribution in [3.05, 3.63) is 80.7 Å². The van der Waals surface area contributed by atoms with E-state index >= 15 is 0 Å². The van der Waals surface area contributed by atoms with Gasteiger partial charge in [0, 0.05) is 49.4 Å². The number of aryl methyl sites for hydroxylation is 2. The van der Waals surface area contributed by atoms with E-state index in [4.69, 9.17) is 21.3 Å². The van der Waals surface area contributed by atoms with E-state index in [9.17, 15) is 9.59 Å². The third kappa shape index (κ3) is 6.30. The van der Waals surface area contributed by atoms with Crippen LogP contribution < -0.4 is 0 Å². The number of aromatic nitrogens is 5. The molecule has 11 nitrogen and oxygen atoms in total. The Morgan fingerprint density at radius 2 is 1.74 bits per heavy atom. The number of piperazine rings is 1.